The molecule has 0 aliphatic heterocycles. The lowest BCUT2D eigenvalue weighted by atomic mass is 9.89. The van der Waals surface area contributed by atoms with Crippen LogP contribution in [0.1, 0.15) is 25.7 Å². The number of nitrogens with two attached hydrogens (primary N) is 1. The Morgan fingerprint density at radius 2 is 2.11 bits per heavy atom. The van der Waals surface area contributed by atoms with Gasteiger partial charge in [0.1, 0.15) is 0 Å². The van der Waals surface area contributed by atoms with Crippen molar-refractivity contribution in [2.24, 2.45) is 23.5 Å². The Hall–Kier alpha value is -0.0400. The minimum absolute atomic E-state index is 0.906. The smallest absolute Gasteiger partial charge is 0.00461 e. The molecule has 0 spiro atoms. The van der Waals surface area contributed by atoms with Crippen LogP contribution in [-0.4, -0.2) is 6.54 Å². The fraction of sp³-hybridized carbons (Fsp3) is 1.00. The normalized spacial score (nSPS) is 48.3. The first kappa shape index (κ1) is 5.72. The molecule has 2 fully saturated rings. The van der Waals surface area contributed by atoms with Crippen LogP contribution >= 0.6 is 0 Å². The summed E-state index contributed by atoms with van der Waals surface area (Å²) in [7, 11) is 0. The Morgan fingerprint density at radius 1 is 1.22 bits per heavy atom. The summed E-state index contributed by atoms with van der Waals surface area (Å²) in [5, 5.41) is 0. The predicted molar refractivity (Wildman–Crippen MR) is 38.0 cm³/mol. The number of fused-ring (bicyclic) bond motifs is 2. The zero-order valence-electron chi connectivity index (χ0n) is 5.84. The van der Waals surface area contributed by atoms with Gasteiger partial charge < -0.3 is 5.73 Å². The third-order valence-electron chi connectivity index (χ3n) is 3.19. The molecule has 1 heteroatoms. The zero-order valence-corrected chi connectivity index (χ0v) is 5.84. The molecular weight excluding hydrogens is 110 g/mol. The third kappa shape index (κ3) is 0.787. The molecule has 0 amide bonds. The topological polar surface area (TPSA) is 26.0 Å². The van der Waals surface area contributed by atoms with Gasteiger partial charge in [-0.25, -0.2) is 0 Å². The SMILES string of the molecule is NC[C@H]1C[C@@H]2CC[C@H]1C2. The van der Waals surface area contributed by atoms with E-state index in [4.69, 9.17) is 5.73 Å². The van der Waals surface area contributed by atoms with Gasteiger partial charge in [0, 0.05) is 0 Å². The van der Waals surface area contributed by atoms with E-state index in [9.17, 15) is 0 Å². The van der Waals surface area contributed by atoms with Gasteiger partial charge in [0.15, 0.2) is 0 Å². The van der Waals surface area contributed by atoms with E-state index >= 15 is 0 Å². The lowest BCUT2D eigenvalue weighted by Gasteiger charge is -2.18. The van der Waals surface area contributed by atoms with Crippen molar-refractivity contribution in [3.63, 3.8) is 0 Å². The zero-order chi connectivity index (χ0) is 6.27. The van der Waals surface area contributed by atoms with Gasteiger partial charge in [-0.15, -0.1) is 0 Å². The van der Waals surface area contributed by atoms with Crippen molar-refractivity contribution in [2.45, 2.75) is 25.7 Å². The molecule has 2 bridgehead atoms. The first-order chi connectivity index (χ1) is 4.40. The molecule has 2 rings (SSSR count). The molecule has 2 aliphatic rings. The molecule has 2 N–H and O–H groups in total. The summed E-state index contributed by atoms with van der Waals surface area (Å²) in [5.74, 6) is 3.01. The quantitative estimate of drug-likeness (QED) is 0.563. The van der Waals surface area contributed by atoms with Gasteiger partial charge in [0.25, 0.3) is 0 Å². The number of rotatable bonds is 1. The average Bonchev–Trinajstić information content (AvgIpc) is 2.45. The van der Waals surface area contributed by atoms with Crippen LogP contribution in [0.15, 0.2) is 0 Å². The van der Waals surface area contributed by atoms with Crippen LogP contribution in [0.5, 0.6) is 0 Å². The molecule has 52 valence electrons. The van der Waals surface area contributed by atoms with Gasteiger partial charge in [-0.1, -0.05) is 6.42 Å². The monoisotopic (exact) mass is 125 g/mol. The summed E-state index contributed by atoms with van der Waals surface area (Å²) in [6.45, 7) is 0.946. The molecule has 0 aromatic rings. The lowest BCUT2D eigenvalue weighted by molar-refractivity contribution is 0.341. The fourth-order valence-electron chi connectivity index (χ4n) is 2.67. The Bertz CT molecular complexity index is 111. The third-order valence-corrected chi connectivity index (χ3v) is 3.19. The Labute approximate surface area is 56.6 Å². The highest BCUT2D eigenvalue weighted by atomic mass is 14.6. The second-order valence-corrected chi connectivity index (χ2v) is 3.67. The van der Waals surface area contributed by atoms with Crippen molar-refractivity contribution in [2.75, 3.05) is 6.54 Å². The van der Waals surface area contributed by atoms with Gasteiger partial charge in [0.2, 0.25) is 0 Å². The molecule has 0 unspecified atom stereocenters. The molecule has 0 saturated heterocycles. The van der Waals surface area contributed by atoms with E-state index in [0.29, 0.717) is 0 Å². The van der Waals surface area contributed by atoms with E-state index in [0.717, 1.165) is 24.3 Å². The number of hydrogen-bond donors (Lipinski definition) is 1. The Balaban J connectivity index is 2.01. The molecule has 2 saturated carbocycles. The lowest BCUT2D eigenvalue weighted by Crippen LogP contribution is -2.19. The molecule has 0 radical (unpaired) electrons. The van der Waals surface area contributed by atoms with Crippen molar-refractivity contribution < 1.29 is 0 Å². The van der Waals surface area contributed by atoms with Gasteiger partial charge in [-0.2, -0.15) is 0 Å². The summed E-state index contributed by atoms with van der Waals surface area (Å²) >= 11 is 0. The molecule has 0 heterocycles. The van der Waals surface area contributed by atoms with E-state index in [-0.39, 0.29) is 0 Å². The largest absolute Gasteiger partial charge is 0.330 e. The fourth-order valence-corrected chi connectivity index (χ4v) is 2.67. The minimum Gasteiger partial charge on any atom is -0.330 e. The summed E-state index contributed by atoms with van der Waals surface area (Å²) in [6, 6.07) is 0. The summed E-state index contributed by atoms with van der Waals surface area (Å²) < 4.78 is 0. The average molecular weight is 125 g/mol. The highest BCUT2D eigenvalue weighted by Gasteiger charge is 2.38. The van der Waals surface area contributed by atoms with Crippen LogP contribution < -0.4 is 5.73 Å². The van der Waals surface area contributed by atoms with Crippen molar-refractivity contribution in [1.29, 1.82) is 0 Å². The Morgan fingerprint density at radius 3 is 2.44 bits per heavy atom. The van der Waals surface area contributed by atoms with Crippen molar-refractivity contribution >= 4 is 0 Å². The molecule has 2 aliphatic carbocycles. The first-order valence-corrected chi connectivity index (χ1v) is 4.10. The highest BCUT2D eigenvalue weighted by Crippen LogP contribution is 2.47. The van der Waals surface area contributed by atoms with Crippen LogP contribution in [0.3, 0.4) is 0 Å². The van der Waals surface area contributed by atoms with E-state index in [1.807, 2.05) is 0 Å². The first-order valence-electron chi connectivity index (χ1n) is 4.10. The maximum absolute atomic E-state index is 5.62. The van der Waals surface area contributed by atoms with Crippen LogP contribution in [0.25, 0.3) is 0 Å². The standard InChI is InChI=1S/C8H15N/c9-5-8-4-6-1-2-7(8)3-6/h6-8H,1-5,9H2/t6-,7+,8-/m1/s1. The van der Waals surface area contributed by atoms with Crippen LogP contribution in [-0.2, 0) is 0 Å². The van der Waals surface area contributed by atoms with E-state index in [1.54, 1.807) is 0 Å². The van der Waals surface area contributed by atoms with Crippen LogP contribution in [0.4, 0.5) is 0 Å². The van der Waals surface area contributed by atoms with Gasteiger partial charge in [-0.3, -0.25) is 0 Å². The second kappa shape index (κ2) is 1.98. The summed E-state index contributed by atoms with van der Waals surface area (Å²) in [5.41, 5.74) is 5.62. The van der Waals surface area contributed by atoms with Crippen LogP contribution in [0, 0.1) is 17.8 Å². The molecular formula is C8H15N. The van der Waals surface area contributed by atoms with Crippen LogP contribution in [0.2, 0.25) is 0 Å². The molecule has 3 atom stereocenters. The molecule has 0 aromatic carbocycles. The highest BCUT2D eigenvalue weighted by molar-refractivity contribution is 4.89. The minimum atomic E-state index is 0.906. The van der Waals surface area contributed by atoms with E-state index < -0.39 is 0 Å². The predicted octanol–water partition coefficient (Wildman–Crippen LogP) is 1.38. The second-order valence-electron chi connectivity index (χ2n) is 3.67. The molecule has 0 aromatic heterocycles. The van der Waals surface area contributed by atoms with Gasteiger partial charge in [-0.05, 0) is 43.6 Å². The van der Waals surface area contributed by atoms with Crippen molar-refractivity contribution in [3.05, 3.63) is 0 Å². The molecule has 9 heavy (non-hydrogen) atoms. The van der Waals surface area contributed by atoms with Gasteiger partial charge in [0.05, 0.1) is 0 Å². The van der Waals surface area contributed by atoms with E-state index in [1.165, 1.54) is 25.7 Å². The summed E-state index contributed by atoms with van der Waals surface area (Å²) in [4.78, 5) is 0. The van der Waals surface area contributed by atoms with Gasteiger partial charge >= 0.3 is 0 Å². The summed E-state index contributed by atoms with van der Waals surface area (Å²) in [6.07, 6.45) is 5.93. The Kier molecular flexibility index (Phi) is 1.26. The van der Waals surface area contributed by atoms with Crippen molar-refractivity contribution in [1.82, 2.24) is 0 Å². The maximum atomic E-state index is 5.62. The maximum Gasteiger partial charge on any atom is -0.00461 e. The van der Waals surface area contributed by atoms with E-state index in [2.05, 4.69) is 0 Å². The number of hydrogen-bond acceptors (Lipinski definition) is 1. The van der Waals surface area contributed by atoms with Crippen molar-refractivity contribution in [3.8, 4) is 0 Å². The molecule has 1 nitrogen and oxygen atoms in total.